The monoisotopic (exact) mass is 430 g/mol. The molecule has 0 saturated heterocycles. The zero-order valence-corrected chi connectivity index (χ0v) is 22.2. The van der Waals surface area contributed by atoms with Gasteiger partial charge in [-0.3, -0.25) is 0 Å². The third kappa shape index (κ3) is 20.6. The molecule has 0 aromatic rings. The zero-order valence-electron chi connectivity index (χ0n) is 18.3. The fourth-order valence-electron chi connectivity index (χ4n) is 3.45. The zero-order chi connectivity index (χ0) is 19.7. The summed E-state index contributed by atoms with van der Waals surface area (Å²) in [6, 6.07) is 0. The Labute approximate surface area is 211 Å². The van der Waals surface area contributed by atoms with Gasteiger partial charge in [0, 0.05) is 0 Å². The van der Waals surface area contributed by atoms with Crippen molar-refractivity contribution >= 4 is 10.1 Å². The summed E-state index contributed by atoms with van der Waals surface area (Å²) >= 11 is 0. The van der Waals surface area contributed by atoms with E-state index in [1.165, 1.54) is 57.8 Å². The van der Waals surface area contributed by atoms with Crippen molar-refractivity contribution in [1.82, 2.24) is 0 Å². The van der Waals surface area contributed by atoms with Crippen molar-refractivity contribution in [1.29, 1.82) is 0 Å². The van der Waals surface area contributed by atoms with Crippen molar-refractivity contribution in [3.8, 4) is 0 Å². The summed E-state index contributed by atoms with van der Waals surface area (Å²) in [5.74, 6) is 0. The maximum Gasteiger partial charge on any atom is 1.00 e. The summed E-state index contributed by atoms with van der Waals surface area (Å²) in [5.41, 5.74) is 0. The molecule has 27 heavy (non-hydrogen) atoms. The van der Waals surface area contributed by atoms with Crippen LogP contribution in [0.5, 0.6) is 0 Å². The SMILES string of the molecule is CCCCCCCCCCCCCCC(CC(O)CCCC)S(=O)(=O)[O-].[K+]. The molecule has 2 atom stereocenters. The Morgan fingerprint density at radius 1 is 0.704 bits per heavy atom. The van der Waals surface area contributed by atoms with Crippen molar-refractivity contribution in [3.05, 3.63) is 0 Å². The van der Waals surface area contributed by atoms with Gasteiger partial charge < -0.3 is 9.66 Å². The molecule has 0 aliphatic carbocycles. The Morgan fingerprint density at radius 3 is 1.52 bits per heavy atom. The predicted molar refractivity (Wildman–Crippen MR) is 109 cm³/mol. The molecule has 2 unspecified atom stereocenters. The van der Waals surface area contributed by atoms with E-state index >= 15 is 0 Å². The summed E-state index contributed by atoms with van der Waals surface area (Å²) < 4.78 is 34.2. The van der Waals surface area contributed by atoms with Gasteiger partial charge in [-0.2, -0.15) is 0 Å². The van der Waals surface area contributed by atoms with Crippen LogP contribution in [0, 0.1) is 0 Å². The van der Waals surface area contributed by atoms with E-state index in [4.69, 9.17) is 0 Å². The molecule has 0 saturated carbocycles. The fraction of sp³-hybridized carbons (Fsp3) is 1.00. The molecule has 158 valence electrons. The minimum atomic E-state index is -4.31. The van der Waals surface area contributed by atoms with Crippen LogP contribution in [0.15, 0.2) is 0 Å². The van der Waals surface area contributed by atoms with E-state index in [9.17, 15) is 18.1 Å². The fourth-order valence-corrected chi connectivity index (χ4v) is 4.37. The van der Waals surface area contributed by atoms with Gasteiger partial charge in [-0.05, 0) is 19.3 Å². The first-order valence-electron chi connectivity index (χ1n) is 11.0. The maximum atomic E-state index is 11.4. The Hall–Kier alpha value is 1.51. The van der Waals surface area contributed by atoms with Crippen LogP contribution in [0.25, 0.3) is 0 Å². The Kier molecular flexibility index (Phi) is 23.6. The molecular formula is C21H43KO4S. The van der Waals surface area contributed by atoms with Crippen LogP contribution in [-0.4, -0.2) is 29.4 Å². The maximum absolute atomic E-state index is 11.4. The van der Waals surface area contributed by atoms with Crippen LogP contribution < -0.4 is 51.4 Å². The van der Waals surface area contributed by atoms with Crippen molar-refractivity contribution in [2.24, 2.45) is 0 Å². The molecule has 0 amide bonds. The molecule has 0 heterocycles. The number of rotatable bonds is 19. The number of aliphatic hydroxyl groups is 1. The van der Waals surface area contributed by atoms with Crippen LogP contribution in [0.4, 0.5) is 0 Å². The first-order chi connectivity index (χ1) is 12.4. The van der Waals surface area contributed by atoms with Gasteiger partial charge in [0.25, 0.3) is 0 Å². The van der Waals surface area contributed by atoms with E-state index in [0.717, 1.165) is 32.1 Å². The molecule has 0 aromatic heterocycles. The molecule has 0 radical (unpaired) electrons. The Bertz CT molecular complexity index is 401. The van der Waals surface area contributed by atoms with E-state index < -0.39 is 21.5 Å². The number of aliphatic hydroxyl groups excluding tert-OH is 1. The Morgan fingerprint density at radius 2 is 1.11 bits per heavy atom. The van der Waals surface area contributed by atoms with Gasteiger partial charge >= 0.3 is 51.4 Å². The largest absolute Gasteiger partial charge is 1.00 e. The van der Waals surface area contributed by atoms with Gasteiger partial charge in [0.15, 0.2) is 0 Å². The van der Waals surface area contributed by atoms with Gasteiger partial charge in [-0.25, -0.2) is 8.42 Å². The van der Waals surface area contributed by atoms with Crippen LogP contribution in [0.3, 0.4) is 0 Å². The van der Waals surface area contributed by atoms with Gasteiger partial charge in [-0.15, -0.1) is 0 Å². The number of unbranched alkanes of at least 4 members (excludes halogenated alkanes) is 12. The third-order valence-corrected chi connectivity index (χ3v) is 6.46. The summed E-state index contributed by atoms with van der Waals surface area (Å²) in [6.45, 7) is 4.27. The normalized spacial score (nSPS) is 13.9. The van der Waals surface area contributed by atoms with E-state index in [1.54, 1.807) is 0 Å². The van der Waals surface area contributed by atoms with Crippen molar-refractivity contribution < 1.29 is 69.5 Å². The molecule has 1 N–H and O–H groups in total. The van der Waals surface area contributed by atoms with Gasteiger partial charge in [-0.1, -0.05) is 104 Å². The van der Waals surface area contributed by atoms with Gasteiger partial charge in [0.05, 0.1) is 21.5 Å². The summed E-state index contributed by atoms with van der Waals surface area (Å²) in [5, 5.41) is 8.98. The number of hydrogen-bond acceptors (Lipinski definition) is 4. The molecule has 0 spiro atoms. The molecule has 0 aliphatic heterocycles. The van der Waals surface area contributed by atoms with E-state index in [2.05, 4.69) is 6.92 Å². The van der Waals surface area contributed by atoms with Crippen molar-refractivity contribution in [2.75, 3.05) is 0 Å². The molecule has 4 nitrogen and oxygen atoms in total. The van der Waals surface area contributed by atoms with Crippen LogP contribution in [0.2, 0.25) is 0 Å². The molecule has 0 aliphatic rings. The minimum Gasteiger partial charge on any atom is -0.748 e. The van der Waals surface area contributed by atoms with Crippen LogP contribution in [0.1, 0.15) is 123 Å². The van der Waals surface area contributed by atoms with Crippen molar-refractivity contribution in [2.45, 2.75) is 134 Å². The summed E-state index contributed by atoms with van der Waals surface area (Å²) in [7, 11) is -4.31. The molecule has 0 fully saturated rings. The second kappa shape index (κ2) is 20.8. The molecule has 6 heteroatoms. The molecular weight excluding hydrogens is 387 g/mol. The smallest absolute Gasteiger partial charge is 0.748 e. The topological polar surface area (TPSA) is 77.4 Å². The summed E-state index contributed by atoms with van der Waals surface area (Å²) in [6.07, 6.45) is 16.9. The number of hydrogen-bond donors (Lipinski definition) is 1. The van der Waals surface area contributed by atoms with Crippen LogP contribution in [-0.2, 0) is 10.1 Å². The molecule has 0 aromatic carbocycles. The second-order valence-corrected chi connectivity index (χ2v) is 9.48. The quantitative estimate of drug-likeness (QED) is 0.194. The van der Waals surface area contributed by atoms with Gasteiger partial charge in [0.2, 0.25) is 0 Å². The average Bonchev–Trinajstić information content (AvgIpc) is 2.58. The molecule has 0 bridgehead atoms. The minimum absolute atomic E-state index is 0. The van der Waals surface area contributed by atoms with Gasteiger partial charge in [0.1, 0.15) is 0 Å². The third-order valence-electron chi connectivity index (χ3n) is 5.21. The second-order valence-electron chi connectivity index (χ2n) is 7.82. The average molecular weight is 431 g/mol. The van der Waals surface area contributed by atoms with E-state index in [1.807, 2.05) is 6.92 Å². The first-order valence-corrected chi connectivity index (χ1v) is 12.5. The Balaban J connectivity index is 0. The first kappa shape index (κ1) is 30.7. The van der Waals surface area contributed by atoms with Crippen LogP contribution >= 0.6 is 0 Å². The molecule has 0 rings (SSSR count). The predicted octanol–water partition coefficient (Wildman–Crippen LogP) is 2.94. The van der Waals surface area contributed by atoms with E-state index in [0.29, 0.717) is 12.8 Å². The standard InChI is InChI=1S/C21H44O4S.K/c1-3-5-7-8-9-10-11-12-13-14-15-16-18-21(26(23,24)25)19-20(22)17-6-4-2;/h20-22H,3-19H2,1-2H3,(H,23,24,25);/q;+1/p-1. The van der Waals surface area contributed by atoms with E-state index in [-0.39, 0.29) is 57.8 Å². The van der Waals surface area contributed by atoms with Crippen molar-refractivity contribution in [3.63, 3.8) is 0 Å². The summed E-state index contributed by atoms with van der Waals surface area (Å²) in [4.78, 5) is 0.